The number of likely N-dealkylation sites (N-methyl/N-ethyl adjacent to an activating group) is 1. The number of anilines is 1. The number of rotatable bonds is 7. The van der Waals surface area contributed by atoms with Crippen LogP contribution in [0.15, 0.2) is 42.5 Å². The van der Waals surface area contributed by atoms with Crippen molar-refractivity contribution in [2.45, 2.75) is 12.8 Å². The summed E-state index contributed by atoms with van der Waals surface area (Å²) in [6.45, 7) is 4.17. The SMILES string of the molecule is C=C(CNc1cc(-c2ccc(OC(F)(F)F)cc2)c2c(c1C#N)CCO2)C(=O)N(C)OC. The van der Waals surface area contributed by atoms with Crippen LogP contribution in [0.1, 0.15) is 11.1 Å². The number of nitriles is 1. The number of fused-ring (bicyclic) bond motifs is 1. The Hall–Kier alpha value is -3.71. The molecule has 1 heterocycles. The normalized spacial score (nSPS) is 12.4. The minimum Gasteiger partial charge on any atom is -0.492 e. The van der Waals surface area contributed by atoms with Gasteiger partial charge in [0.1, 0.15) is 17.6 Å². The molecule has 0 atom stereocenters. The second-order valence-corrected chi connectivity index (χ2v) is 6.88. The first kappa shape index (κ1) is 23.0. The highest BCUT2D eigenvalue weighted by atomic mass is 19.4. The van der Waals surface area contributed by atoms with Crippen LogP contribution in [0.25, 0.3) is 11.1 Å². The second kappa shape index (κ2) is 9.20. The fourth-order valence-electron chi connectivity index (χ4n) is 3.28. The van der Waals surface area contributed by atoms with Crippen LogP contribution in [0.4, 0.5) is 18.9 Å². The first-order valence-electron chi connectivity index (χ1n) is 9.47. The lowest BCUT2D eigenvalue weighted by atomic mass is 9.95. The van der Waals surface area contributed by atoms with E-state index in [1.54, 1.807) is 6.07 Å². The number of hydrogen-bond donors (Lipinski definition) is 1. The number of nitrogens with zero attached hydrogens (tertiary/aromatic N) is 2. The Labute approximate surface area is 182 Å². The summed E-state index contributed by atoms with van der Waals surface area (Å²) < 4.78 is 46.9. The predicted octanol–water partition coefficient (Wildman–Crippen LogP) is 4.05. The number of amides is 1. The van der Waals surface area contributed by atoms with Crippen molar-refractivity contribution in [2.24, 2.45) is 0 Å². The van der Waals surface area contributed by atoms with Crippen molar-refractivity contribution in [1.29, 1.82) is 5.26 Å². The van der Waals surface area contributed by atoms with Crippen LogP contribution in [0.5, 0.6) is 11.5 Å². The third-order valence-electron chi connectivity index (χ3n) is 4.84. The van der Waals surface area contributed by atoms with Gasteiger partial charge in [0.05, 0.1) is 25.0 Å². The molecule has 0 bridgehead atoms. The third-order valence-corrected chi connectivity index (χ3v) is 4.84. The van der Waals surface area contributed by atoms with Gasteiger partial charge in [-0.1, -0.05) is 18.7 Å². The molecule has 0 fully saturated rings. The van der Waals surface area contributed by atoms with Gasteiger partial charge in [-0.15, -0.1) is 13.2 Å². The van der Waals surface area contributed by atoms with Gasteiger partial charge in [-0.05, 0) is 23.8 Å². The van der Waals surface area contributed by atoms with Crippen molar-refractivity contribution in [1.82, 2.24) is 5.06 Å². The minimum atomic E-state index is -4.78. The number of ether oxygens (including phenoxy) is 2. The van der Waals surface area contributed by atoms with Gasteiger partial charge in [-0.25, -0.2) is 5.06 Å². The molecule has 32 heavy (non-hydrogen) atoms. The lowest BCUT2D eigenvalue weighted by Crippen LogP contribution is -2.29. The quantitative estimate of drug-likeness (QED) is 0.509. The molecule has 3 rings (SSSR count). The van der Waals surface area contributed by atoms with Crippen LogP contribution in [0.3, 0.4) is 0 Å². The highest BCUT2D eigenvalue weighted by Crippen LogP contribution is 2.42. The maximum absolute atomic E-state index is 12.4. The Morgan fingerprint density at radius 3 is 2.62 bits per heavy atom. The van der Waals surface area contributed by atoms with Crippen LogP contribution in [-0.4, -0.2) is 44.6 Å². The van der Waals surface area contributed by atoms with Crippen molar-refractivity contribution in [3.05, 3.63) is 53.6 Å². The van der Waals surface area contributed by atoms with Crippen molar-refractivity contribution in [3.63, 3.8) is 0 Å². The van der Waals surface area contributed by atoms with Crippen LogP contribution in [-0.2, 0) is 16.1 Å². The maximum Gasteiger partial charge on any atom is 0.573 e. The summed E-state index contributed by atoms with van der Waals surface area (Å²) in [6.07, 6.45) is -4.28. The zero-order chi connectivity index (χ0) is 23.5. The molecule has 0 aromatic heterocycles. The Balaban J connectivity index is 1.93. The van der Waals surface area contributed by atoms with E-state index in [4.69, 9.17) is 9.57 Å². The molecule has 1 amide bonds. The molecular formula is C22H20F3N3O4. The number of carbonyl (C=O) groups is 1. The number of nitrogens with one attached hydrogen (secondary N) is 1. The van der Waals surface area contributed by atoms with E-state index in [9.17, 15) is 23.2 Å². The summed E-state index contributed by atoms with van der Waals surface area (Å²) in [5.41, 5.74) is 2.91. The minimum absolute atomic E-state index is 0.0542. The number of benzene rings is 2. The molecule has 0 aliphatic carbocycles. The molecule has 0 saturated carbocycles. The van der Waals surface area contributed by atoms with E-state index in [2.05, 4.69) is 22.7 Å². The van der Waals surface area contributed by atoms with Gasteiger partial charge in [-0.2, -0.15) is 5.26 Å². The van der Waals surface area contributed by atoms with E-state index in [0.717, 1.165) is 5.06 Å². The van der Waals surface area contributed by atoms with Crippen LogP contribution in [0.2, 0.25) is 0 Å². The van der Waals surface area contributed by atoms with Gasteiger partial charge in [0.25, 0.3) is 5.91 Å². The van der Waals surface area contributed by atoms with Crippen molar-refractivity contribution >= 4 is 11.6 Å². The monoisotopic (exact) mass is 447 g/mol. The smallest absolute Gasteiger partial charge is 0.492 e. The lowest BCUT2D eigenvalue weighted by Gasteiger charge is -2.18. The van der Waals surface area contributed by atoms with Gasteiger partial charge < -0.3 is 14.8 Å². The molecule has 0 saturated heterocycles. The van der Waals surface area contributed by atoms with Crippen molar-refractivity contribution in [3.8, 4) is 28.7 Å². The Morgan fingerprint density at radius 1 is 1.34 bits per heavy atom. The second-order valence-electron chi connectivity index (χ2n) is 6.88. The molecule has 2 aromatic rings. The average molecular weight is 447 g/mol. The molecule has 0 spiro atoms. The molecule has 7 nitrogen and oxygen atoms in total. The number of halogens is 3. The summed E-state index contributed by atoms with van der Waals surface area (Å²) in [6, 6.07) is 9.19. The zero-order valence-corrected chi connectivity index (χ0v) is 17.4. The molecule has 0 radical (unpaired) electrons. The fraction of sp³-hybridized carbons (Fsp3) is 0.273. The summed E-state index contributed by atoms with van der Waals surface area (Å²) in [5.74, 6) is -0.267. The number of alkyl halides is 3. The highest BCUT2D eigenvalue weighted by Gasteiger charge is 2.31. The van der Waals surface area contributed by atoms with Crippen LogP contribution >= 0.6 is 0 Å². The largest absolute Gasteiger partial charge is 0.573 e. The summed E-state index contributed by atoms with van der Waals surface area (Å²) in [5, 5.41) is 13.8. The van der Waals surface area contributed by atoms with Gasteiger partial charge in [-0.3, -0.25) is 9.63 Å². The van der Waals surface area contributed by atoms with Crippen molar-refractivity contribution in [2.75, 3.05) is 32.6 Å². The van der Waals surface area contributed by atoms with Gasteiger partial charge >= 0.3 is 6.36 Å². The molecular weight excluding hydrogens is 427 g/mol. The maximum atomic E-state index is 12.4. The average Bonchev–Trinajstić information content (AvgIpc) is 3.24. The van der Waals surface area contributed by atoms with Gasteiger partial charge in [0.15, 0.2) is 0 Å². The third kappa shape index (κ3) is 4.95. The van der Waals surface area contributed by atoms with E-state index in [0.29, 0.717) is 46.7 Å². The number of carbonyl (C=O) groups excluding carboxylic acids is 1. The van der Waals surface area contributed by atoms with E-state index < -0.39 is 12.3 Å². The number of hydrogen-bond acceptors (Lipinski definition) is 6. The molecule has 168 valence electrons. The lowest BCUT2D eigenvalue weighted by molar-refractivity contribution is -0.274. The van der Waals surface area contributed by atoms with Gasteiger partial charge in [0, 0.05) is 36.7 Å². The fourth-order valence-corrected chi connectivity index (χ4v) is 3.28. The first-order valence-corrected chi connectivity index (χ1v) is 9.47. The van der Waals surface area contributed by atoms with E-state index in [1.807, 2.05) is 0 Å². The first-order chi connectivity index (χ1) is 15.1. The van der Waals surface area contributed by atoms with Crippen LogP contribution in [0, 0.1) is 11.3 Å². The summed E-state index contributed by atoms with van der Waals surface area (Å²) >= 11 is 0. The topological polar surface area (TPSA) is 83.8 Å². The molecule has 1 N–H and O–H groups in total. The van der Waals surface area contributed by atoms with Crippen LogP contribution < -0.4 is 14.8 Å². The highest BCUT2D eigenvalue weighted by molar-refractivity contribution is 5.93. The molecule has 10 heteroatoms. The molecule has 0 unspecified atom stereocenters. The molecule has 2 aromatic carbocycles. The van der Waals surface area contributed by atoms with E-state index >= 15 is 0 Å². The Morgan fingerprint density at radius 2 is 2.03 bits per heavy atom. The molecule has 1 aliphatic rings. The van der Waals surface area contributed by atoms with E-state index in [-0.39, 0.29) is 17.9 Å². The summed E-state index contributed by atoms with van der Waals surface area (Å²) in [7, 11) is 2.80. The van der Waals surface area contributed by atoms with E-state index in [1.165, 1.54) is 38.4 Å². The number of hydroxylamine groups is 2. The predicted molar refractivity (Wildman–Crippen MR) is 110 cm³/mol. The zero-order valence-electron chi connectivity index (χ0n) is 17.4. The van der Waals surface area contributed by atoms with Crippen molar-refractivity contribution < 1.29 is 32.3 Å². The Bertz CT molecular complexity index is 1080. The standard InChI is InChI=1S/C22H20F3N3O4/c1-13(21(29)28(2)30-3)12-27-19-10-17(20-16(8-9-31-20)18(19)11-26)14-4-6-15(7-5-14)32-22(23,24)25/h4-7,10,27H,1,8-9,12H2,2-3H3. The van der Waals surface area contributed by atoms with Gasteiger partial charge in [0.2, 0.25) is 0 Å². The summed E-state index contributed by atoms with van der Waals surface area (Å²) in [4.78, 5) is 17.0. The molecule has 1 aliphatic heterocycles. The Kier molecular flexibility index (Phi) is 6.60.